The summed E-state index contributed by atoms with van der Waals surface area (Å²) in [5, 5.41) is 0.828. The lowest BCUT2D eigenvalue weighted by Gasteiger charge is -2.30. The van der Waals surface area contributed by atoms with Crippen LogP contribution in [0.2, 0.25) is 0 Å². The molecule has 0 bridgehead atoms. The molecule has 0 aliphatic carbocycles. The fraction of sp³-hybridized carbons (Fsp3) is 0.500. The van der Waals surface area contributed by atoms with Crippen molar-refractivity contribution in [1.29, 1.82) is 0 Å². The predicted octanol–water partition coefficient (Wildman–Crippen LogP) is 3.22. The van der Waals surface area contributed by atoms with Crippen molar-refractivity contribution >= 4 is 28.7 Å². The number of likely N-dealkylation sites (tertiary alicyclic amines) is 1. The maximum Gasteiger partial charge on any atom is 0.233 e. The molecule has 1 N–H and O–H groups in total. The minimum absolute atomic E-state index is 0.225. The molecule has 1 saturated heterocycles. The summed E-state index contributed by atoms with van der Waals surface area (Å²) in [5.74, 6) is 1.44. The van der Waals surface area contributed by atoms with E-state index >= 15 is 0 Å². The molecular formula is C16H21N3OS. The molecule has 2 aromatic rings. The molecule has 0 saturated carbocycles. The van der Waals surface area contributed by atoms with Gasteiger partial charge in [0.1, 0.15) is 0 Å². The minimum atomic E-state index is 0.225. The molecule has 0 unspecified atom stereocenters. The Kier molecular flexibility index (Phi) is 4.19. The summed E-state index contributed by atoms with van der Waals surface area (Å²) in [5.41, 5.74) is 3.21. The first kappa shape index (κ1) is 14.4. The summed E-state index contributed by atoms with van der Waals surface area (Å²) in [7, 11) is 0. The highest BCUT2D eigenvalue weighted by atomic mass is 32.2. The lowest BCUT2D eigenvalue weighted by atomic mass is 9.99. The molecule has 3 rings (SSSR count). The van der Waals surface area contributed by atoms with E-state index in [1.165, 1.54) is 17.3 Å². The summed E-state index contributed by atoms with van der Waals surface area (Å²) < 4.78 is 0. The first-order valence-corrected chi connectivity index (χ1v) is 8.47. The average molecular weight is 303 g/mol. The van der Waals surface area contributed by atoms with E-state index in [0.29, 0.717) is 5.75 Å². The van der Waals surface area contributed by atoms with Gasteiger partial charge in [0.15, 0.2) is 5.16 Å². The first-order valence-electron chi connectivity index (χ1n) is 7.49. The fourth-order valence-corrected chi connectivity index (χ4v) is 3.44. The zero-order valence-electron chi connectivity index (χ0n) is 12.6. The Balaban J connectivity index is 1.59. The number of rotatable bonds is 3. The number of hydrogen-bond donors (Lipinski definition) is 1. The Morgan fingerprint density at radius 3 is 2.95 bits per heavy atom. The average Bonchev–Trinajstić information content (AvgIpc) is 2.87. The normalized spacial score (nSPS) is 16.6. The van der Waals surface area contributed by atoms with Crippen molar-refractivity contribution in [2.24, 2.45) is 5.92 Å². The van der Waals surface area contributed by atoms with Gasteiger partial charge in [0.05, 0.1) is 16.8 Å². The van der Waals surface area contributed by atoms with Crippen LogP contribution in [0.1, 0.15) is 25.3 Å². The Morgan fingerprint density at radius 2 is 2.19 bits per heavy atom. The van der Waals surface area contributed by atoms with Gasteiger partial charge in [-0.2, -0.15) is 0 Å². The van der Waals surface area contributed by atoms with Crippen molar-refractivity contribution < 1.29 is 4.79 Å². The number of H-pyrrole nitrogens is 1. The van der Waals surface area contributed by atoms with Gasteiger partial charge >= 0.3 is 0 Å². The topological polar surface area (TPSA) is 49.0 Å². The van der Waals surface area contributed by atoms with Gasteiger partial charge in [-0.3, -0.25) is 4.79 Å². The predicted molar refractivity (Wildman–Crippen MR) is 86.5 cm³/mol. The maximum absolute atomic E-state index is 12.2. The number of thioether (sulfide) groups is 1. The van der Waals surface area contributed by atoms with Gasteiger partial charge in [-0.15, -0.1) is 0 Å². The van der Waals surface area contributed by atoms with E-state index in [1.807, 2.05) is 11.0 Å². The summed E-state index contributed by atoms with van der Waals surface area (Å²) in [6.45, 7) is 6.13. The van der Waals surface area contributed by atoms with Gasteiger partial charge in [-0.25, -0.2) is 4.98 Å². The third kappa shape index (κ3) is 3.40. The van der Waals surface area contributed by atoms with Gasteiger partial charge in [0, 0.05) is 13.1 Å². The number of piperidine rings is 1. The lowest BCUT2D eigenvalue weighted by molar-refractivity contribution is -0.129. The summed E-state index contributed by atoms with van der Waals surface area (Å²) in [6.07, 6.45) is 2.25. The molecule has 1 aliphatic rings. The molecule has 1 amide bonds. The number of aromatic amines is 1. The highest BCUT2D eigenvalue weighted by molar-refractivity contribution is 7.99. The SMILES string of the molecule is Cc1ccc2nc(SCC(=O)N3CCC(C)CC3)[nH]c2c1. The van der Waals surface area contributed by atoms with Gasteiger partial charge in [0.25, 0.3) is 0 Å². The van der Waals surface area contributed by atoms with E-state index < -0.39 is 0 Å². The smallest absolute Gasteiger partial charge is 0.233 e. The van der Waals surface area contributed by atoms with E-state index in [1.54, 1.807) is 0 Å². The molecule has 21 heavy (non-hydrogen) atoms. The highest BCUT2D eigenvalue weighted by Crippen LogP contribution is 2.22. The zero-order chi connectivity index (χ0) is 14.8. The number of hydrogen-bond acceptors (Lipinski definition) is 3. The van der Waals surface area contributed by atoms with Crippen LogP contribution in [0, 0.1) is 12.8 Å². The quantitative estimate of drug-likeness (QED) is 0.886. The molecule has 5 heteroatoms. The standard InChI is InChI=1S/C16H21N3OS/c1-11-5-7-19(8-6-11)15(20)10-21-16-17-13-4-3-12(2)9-14(13)18-16/h3-4,9,11H,5-8,10H2,1-2H3,(H,17,18). The maximum atomic E-state index is 12.2. The number of nitrogens with zero attached hydrogens (tertiary/aromatic N) is 2. The van der Waals surface area contributed by atoms with E-state index in [-0.39, 0.29) is 5.91 Å². The van der Waals surface area contributed by atoms with Crippen LogP contribution in [-0.2, 0) is 4.79 Å². The highest BCUT2D eigenvalue weighted by Gasteiger charge is 2.20. The molecule has 1 aliphatic heterocycles. The largest absolute Gasteiger partial charge is 0.342 e. The van der Waals surface area contributed by atoms with Crippen LogP contribution < -0.4 is 0 Å². The number of aromatic nitrogens is 2. The molecule has 2 heterocycles. The molecular weight excluding hydrogens is 282 g/mol. The van der Waals surface area contributed by atoms with Crippen LogP contribution in [0.5, 0.6) is 0 Å². The van der Waals surface area contributed by atoms with Crippen LogP contribution in [0.25, 0.3) is 11.0 Å². The Labute approximate surface area is 129 Å². The first-order chi connectivity index (χ1) is 10.1. The summed E-state index contributed by atoms with van der Waals surface area (Å²) in [4.78, 5) is 22.0. The monoisotopic (exact) mass is 303 g/mol. The number of carbonyl (C=O) groups excluding carboxylic acids is 1. The van der Waals surface area contributed by atoms with E-state index in [4.69, 9.17) is 0 Å². The van der Waals surface area contributed by atoms with E-state index in [0.717, 1.165) is 48.0 Å². The summed E-state index contributed by atoms with van der Waals surface area (Å²) in [6, 6.07) is 6.15. The van der Waals surface area contributed by atoms with Crippen molar-refractivity contribution in [3.8, 4) is 0 Å². The molecule has 1 aromatic heterocycles. The molecule has 0 radical (unpaired) electrons. The van der Waals surface area contributed by atoms with Crippen molar-refractivity contribution in [1.82, 2.24) is 14.9 Å². The van der Waals surface area contributed by atoms with Crippen LogP contribution in [-0.4, -0.2) is 39.6 Å². The number of benzene rings is 1. The summed E-state index contributed by atoms with van der Waals surface area (Å²) >= 11 is 1.50. The Morgan fingerprint density at radius 1 is 1.43 bits per heavy atom. The second-order valence-corrected chi connectivity index (χ2v) is 6.88. The van der Waals surface area contributed by atoms with Crippen molar-refractivity contribution in [2.45, 2.75) is 31.8 Å². The second kappa shape index (κ2) is 6.10. The molecule has 0 atom stereocenters. The zero-order valence-corrected chi connectivity index (χ0v) is 13.4. The van der Waals surface area contributed by atoms with Crippen LogP contribution in [0.3, 0.4) is 0 Å². The molecule has 0 spiro atoms. The fourth-order valence-electron chi connectivity index (χ4n) is 2.65. The molecule has 112 valence electrons. The van der Waals surface area contributed by atoms with E-state index in [9.17, 15) is 4.79 Å². The Hall–Kier alpha value is -1.49. The number of aryl methyl sites for hydroxylation is 1. The number of carbonyl (C=O) groups is 1. The van der Waals surface area contributed by atoms with Crippen molar-refractivity contribution in [3.05, 3.63) is 23.8 Å². The number of imidazole rings is 1. The van der Waals surface area contributed by atoms with Crippen LogP contribution in [0.15, 0.2) is 23.4 Å². The molecule has 1 aromatic carbocycles. The number of fused-ring (bicyclic) bond motifs is 1. The minimum Gasteiger partial charge on any atom is -0.342 e. The molecule has 1 fully saturated rings. The number of nitrogens with one attached hydrogen (secondary N) is 1. The van der Waals surface area contributed by atoms with Gasteiger partial charge in [-0.1, -0.05) is 24.8 Å². The second-order valence-electron chi connectivity index (χ2n) is 5.91. The van der Waals surface area contributed by atoms with Gasteiger partial charge in [0.2, 0.25) is 5.91 Å². The van der Waals surface area contributed by atoms with Gasteiger partial charge < -0.3 is 9.88 Å². The van der Waals surface area contributed by atoms with Crippen molar-refractivity contribution in [2.75, 3.05) is 18.8 Å². The third-order valence-electron chi connectivity index (χ3n) is 4.08. The lowest BCUT2D eigenvalue weighted by Crippen LogP contribution is -2.38. The van der Waals surface area contributed by atoms with Crippen molar-refractivity contribution in [3.63, 3.8) is 0 Å². The van der Waals surface area contributed by atoms with E-state index in [2.05, 4.69) is 35.9 Å². The Bertz CT molecular complexity index is 644. The van der Waals surface area contributed by atoms with Crippen LogP contribution in [0.4, 0.5) is 0 Å². The molecule has 4 nitrogen and oxygen atoms in total. The van der Waals surface area contributed by atoms with Gasteiger partial charge in [-0.05, 0) is 43.4 Å². The number of amides is 1. The third-order valence-corrected chi connectivity index (χ3v) is 4.94. The van der Waals surface area contributed by atoms with Crippen LogP contribution >= 0.6 is 11.8 Å².